The SMILES string of the molecule is O=C(OCC(=O)N1CCc2ccccc2C1)c1ccc2c(c1)OCO2. The Hall–Kier alpha value is -3.02. The fourth-order valence-corrected chi connectivity index (χ4v) is 3.03. The lowest BCUT2D eigenvalue weighted by atomic mass is 10.00. The second-order valence-corrected chi connectivity index (χ2v) is 5.98. The highest BCUT2D eigenvalue weighted by molar-refractivity contribution is 5.92. The molecule has 6 heteroatoms. The van der Waals surface area contributed by atoms with E-state index in [9.17, 15) is 9.59 Å². The monoisotopic (exact) mass is 339 g/mol. The van der Waals surface area contributed by atoms with E-state index in [1.807, 2.05) is 18.2 Å². The number of rotatable bonds is 3. The van der Waals surface area contributed by atoms with Crippen LogP contribution >= 0.6 is 0 Å². The molecule has 0 aliphatic carbocycles. The summed E-state index contributed by atoms with van der Waals surface area (Å²) >= 11 is 0. The van der Waals surface area contributed by atoms with Crippen LogP contribution in [0, 0.1) is 0 Å². The average Bonchev–Trinajstić information content (AvgIpc) is 3.13. The fraction of sp³-hybridized carbons (Fsp3) is 0.263. The first kappa shape index (κ1) is 15.5. The Labute approximate surface area is 144 Å². The van der Waals surface area contributed by atoms with Crippen LogP contribution in [0.4, 0.5) is 0 Å². The standard InChI is InChI=1S/C19H17NO5/c21-18(20-8-7-13-3-1-2-4-15(13)10-20)11-23-19(22)14-5-6-16-17(9-14)25-12-24-16/h1-6,9H,7-8,10-12H2. The molecule has 0 atom stereocenters. The summed E-state index contributed by atoms with van der Waals surface area (Å²) < 4.78 is 15.6. The smallest absolute Gasteiger partial charge is 0.338 e. The number of benzene rings is 2. The van der Waals surface area contributed by atoms with E-state index in [0.717, 1.165) is 12.0 Å². The van der Waals surface area contributed by atoms with Gasteiger partial charge in [-0.1, -0.05) is 24.3 Å². The summed E-state index contributed by atoms with van der Waals surface area (Å²) in [6, 6.07) is 12.9. The van der Waals surface area contributed by atoms with Crippen LogP contribution < -0.4 is 9.47 Å². The third kappa shape index (κ3) is 3.15. The first-order valence-corrected chi connectivity index (χ1v) is 8.12. The molecule has 2 aromatic carbocycles. The largest absolute Gasteiger partial charge is 0.454 e. The van der Waals surface area contributed by atoms with E-state index < -0.39 is 5.97 Å². The summed E-state index contributed by atoms with van der Waals surface area (Å²) in [4.78, 5) is 26.2. The topological polar surface area (TPSA) is 65.1 Å². The van der Waals surface area contributed by atoms with Crippen molar-refractivity contribution in [1.29, 1.82) is 0 Å². The van der Waals surface area contributed by atoms with Crippen molar-refractivity contribution in [3.05, 3.63) is 59.2 Å². The second-order valence-electron chi connectivity index (χ2n) is 5.98. The van der Waals surface area contributed by atoms with Crippen molar-refractivity contribution in [3.63, 3.8) is 0 Å². The van der Waals surface area contributed by atoms with Gasteiger partial charge in [-0.25, -0.2) is 4.79 Å². The van der Waals surface area contributed by atoms with E-state index in [-0.39, 0.29) is 19.3 Å². The molecule has 0 fully saturated rings. The van der Waals surface area contributed by atoms with Gasteiger partial charge >= 0.3 is 5.97 Å². The van der Waals surface area contributed by atoms with E-state index in [2.05, 4.69) is 6.07 Å². The first-order chi connectivity index (χ1) is 12.2. The number of carbonyl (C=O) groups excluding carboxylic acids is 2. The van der Waals surface area contributed by atoms with E-state index in [0.29, 0.717) is 30.2 Å². The van der Waals surface area contributed by atoms with Gasteiger partial charge in [0, 0.05) is 13.1 Å². The molecule has 2 aromatic rings. The zero-order valence-corrected chi connectivity index (χ0v) is 13.6. The summed E-state index contributed by atoms with van der Waals surface area (Å²) in [6.45, 7) is 1.06. The first-order valence-electron chi connectivity index (χ1n) is 8.12. The number of hydrogen-bond donors (Lipinski definition) is 0. The molecule has 1 amide bonds. The van der Waals surface area contributed by atoms with Crippen molar-refractivity contribution in [2.75, 3.05) is 19.9 Å². The third-order valence-electron chi connectivity index (χ3n) is 4.42. The molecule has 2 heterocycles. The minimum absolute atomic E-state index is 0.142. The Morgan fingerprint density at radius 2 is 1.84 bits per heavy atom. The van der Waals surface area contributed by atoms with Crippen molar-refractivity contribution in [2.45, 2.75) is 13.0 Å². The summed E-state index contributed by atoms with van der Waals surface area (Å²) in [6.07, 6.45) is 0.817. The minimum Gasteiger partial charge on any atom is -0.454 e. The maximum Gasteiger partial charge on any atom is 0.338 e. The molecule has 128 valence electrons. The lowest BCUT2D eigenvalue weighted by Crippen LogP contribution is -2.38. The number of fused-ring (bicyclic) bond motifs is 2. The Morgan fingerprint density at radius 3 is 2.72 bits per heavy atom. The highest BCUT2D eigenvalue weighted by Gasteiger charge is 2.22. The zero-order valence-electron chi connectivity index (χ0n) is 13.6. The average molecular weight is 339 g/mol. The van der Waals surface area contributed by atoms with E-state index in [1.54, 1.807) is 23.1 Å². The molecule has 4 rings (SSSR count). The lowest BCUT2D eigenvalue weighted by molar-refractivity contribution is -0.135. The van der Waals surface area contributed by atoms with Crippen LogP contribution in [-0.2, 0) is 22.5 Å². The number of amides is 1. The number of hydrogen-bond acceptors (Lipinski definition) is 5. The molecule has 6 nitrogen and oxygen atoms in total. The maximum atomic E-state index is 12.3. The molecule has 0 radical (unpaired) electrons. The van der Waals surface area contributed by atoms with Gasteiger partial charge < -0.3 is 19.1 Å². The van der Waals surface area contributed by atoms with Crippen LogP contribution in [0.3, 0.4) is 0 Å². The van der Waals surface area contributed by atoms with Gasteiger partial charge in [0.05, 0.1) is 5.56 Å². The van der Waals surface area contributed by atoms with Crippen LogP contribution in [0.1, 0.15) is 21.5 Å². The Balaban J connectivity index is 1.35. The van der Waals surface area contributed by atoms with Gasteiger partial charge in [0.1, 0.15) is 0 Å². The maximum absolute atomic E-state index is 12.3. The van der Waals surface area contributed by atoms with Gasteiger partial charge in [0.25, 0.3) is 5.91 Å². The molecule has 0 saturated carbocycles. The highest BCUT2D eigenvalue weighted by atomic mass is 16.7. The highest BCUT2D eigenvalue weighted by Crippen LogP contribution is 2.32. The molecule has 0 aromatic heterocycles. The van der Waals surface area contributed by atoms with Crippen LogP contribution in [0.25, 0.3) is 0 Å². The van der Waals surface area contributed by atoms with Crippen LogP contribution in [0.2, 0.25) is 0 Å². The quantitative estimate of drug-likeness (QED) is 0.802. The Bertz CT molecular complexity index is 832. The van der Waals surface area contributed by atoms with E-state index in [1.165, 1.54) is 5.56 Å². The molecule has 0 bridgehead atoms. The molecule has 0 N–H and O–H groups in total. The summed E-state index contributed by atoms with van der Waals surface area (Å²) in [7, 11) is 0. The lowest BCUT2D eigenvalue weighted by Gasteiger charge is -2.28. The minimum atomic E-state index is -0.552. The van der Waals surface area contributed by atoms with Gasteiger partial charge in [-0.2, -0.15) is 0 Å². The number of nitrogens with zero attached hydrogens (tertiary/aromatic N) is 1. The summed E-state index contributed by atoms with van der Waals surface area (Å²) in [5, 5.41) is 0. The van der Waals surface area contributed by atoms with Crippen molar-refractivity contribution in [1.82, 2.24) is 4.90 Å². The molecule has 2 aliphatic rings. The van der Waals surface area contributed by atoms with Crippen molar-refractivity contribution in [2.24, 2.45) is 0 Å². The molecule has 0 spiro atoms. The van der Waals surface area contributed by atoms with Crippen molar-refractivity contribution in [3.8, 4) is 11.5 Å². The number of ether oxygens (including phenoxy) is 3. The predicted octanol–water partition coefficient (Wildman–Crippen LogP) is 2.16. The number of carbonyl (C=O) groups is 2. The predicted molar refractivity (Wildman–Crippen MR) is 88.4 cm³/mol. The molecule has 25 heavy (non-hydrogen) atoms. The normalized spacial score (nSPS) is 14.8. The van der Waals surface area contributed by atoms with Gasteiger partial charge in [-0.05, 0) is 35.7 Å². The van der Waals surface area contributed by atoms with Crippen LogP contribution in [0.15, 0.2) is 42.5 Å². The molecule has 0 unspecified atom stereocenters. The zero-order chi connectivity index (χ0) is 17.2. The summed E-state index contributed by atoms with van der Waals surface area (Å²) in [5.41, 5.74) is 2.74. The molecular weight excluding hydrogens is 322 g/mol. The summed E-state index contributed by atoms with van der Waals surface area (Å²) in [5.74, 6) is 0.362. The Kier molecular flexibility index (Phi) is 4.01. The Morgan fingerprint density at radius 1 is 1.04 bits per heavy atom. The van der Waals surface area contributed by atoms with E-state index >= 15 is 0 Å². The third-order valence-corrected chi connectivity index (χ3v) is 4.42. The van der Waals surface area contributed by atoms with Crippen molar-refractivity contribution < 1.29 is 23.8 Å². The van der Waals surface area contributed by atoms with Gasteiger partial charge in [-0.15, -0.1) is 0 Å². The van der Waals surface area contributed by atoms with Crippen LogP contribution in [-0.4, -0.2) is 36.7 Å². The fourth-order valence-electron chi connectivity index (χ4n) is 3.03. The molecule has 0 saturated heterocycles. The van der Waals surface area contributed by atoms with Gasteiger partial charge in [0.2, 0.25) is 6.79 Å². The molecular formula is C19H17NO5. The van der Waals surface area contributed by atoms with Crippen LogP contribution in [0.5, 0.6) is 11.5 Å². The number of esters is 1. The van der Waals surface area contributed by atoms with Gasteiger partial charge in [0.15, 0.2) is 18.1 Å². The van der Waals surface area contributed by atoms with E-state index in [4.69, 9.17) is 14.2 Å². The van der Waals surface area contributed by atoms with Gasteiger partial charge in [-0.3, -0.25) is 4.79 Å². The second kappa shape index (κ2) is 6.47. The van der Waals surface area contributed by atoms with Crippen molar-refractivity contribution >= 4 is 11.9 Å². The molecule has 2 aliphatic heterocycles.